The van der Waals surface area contributed by atoms with Gasteiger partial charge in [0.2, 0.25) is 0 Å². The Labute approximate surface area is 97.6 Å². The molecule has 3 heteroatoms. The van der Waals surface area contributed by atoms with Crippen molar-refractivity contribution in [3.63, 3.8) is 0 Å². The molecule has 0 unspecified atom stereocenters. The smallest absolute Gasteiger partial charge is 0.124 e. The zero-order chi connectivity index (χ0) is 12.0. The molecule has 90 valence electrons. The van der Waals surface area contributed by atoms with Crippen LogP contribution in [0, 0.1) is 6.92 Å². The Morgan fingerprint density at radius 1 is 1.25 bits per heavy atom. The Morgan fingerprint density at radius 2 is 2.00 bits per heavy atom. The first-order chi connectivity index (χ1) is 7.63. The first-order valence-electron chi connectivity index (χ1n) is 5.67. The van der Waals surface area contributed by atoms with Crippen LogP contribution in [0.4, 0.5) is 0 Å². The molecule has 0 aliphatic rings. The van der Waals surface area contributed by atoms with Crippen LogP contribution >= 0.6 is 0 Å². The van der Waals surface area contributed by atoms with Crippen LogP contribution in [-0.4, -0.2) is 19.3 Å². The van der Waals surface area contributed by atoms with Crippen LogP contribution < -0.4 is 10.5 Å². The van der Waals surface area contributed by atoms with Crippen LogP contribution in [0.25, 0.3) is 0 Å². The summed E-state index contributed by atoms with van der Waals surface area (Å²) in [6, 6.07) is 6.06. The van der Waals surface area contributed by atoms with Crippen molar-refractivity contribution in [1.82, 2.24) is 0 Å². The second-order valence-electron chi connectivity index (χ2n) is 4.08. The quantitative estimate of drug-likeness (QED) is 0.752. The standard InChI is InChI=1S/C13H21NO2/c1-10(2)15-6-7-16-13-8-11(3)4-5-12(13)9-14/h4-5,8,10H,6-7,9,14H2,1-3H3. The Hall–Kier alpha value is -1.06. The van der Waals surface area contributed by atoms with Gasteiger partial charge in [0.05, 0.1) is 12.7 Å². The molecule has 16 heavy (non-hydrogen) atoms. The monoisotopic (exact) mass is 223 g/mol. The molecule has 1 aromatic rings. The number of benzene rings is 1. The van der Waals surface area contributed by atoms with Crippen LogP contribution in [0.15, 0.2) is 18.2 Å². The zero-order valence-corrected chi connectivity index (χ0v) is 10.3. The lowest BCUT2D eigenvalue weighted by Crippen LogP contribution is -2.12. The van der Waals surface area contributed by atoms with Gasteiger partial charge in [0.25, 0.3) is 0 Å². The maximum absolute atomic E-state index is 5.65. The van der Waals surface area contributed by atoms with Crippen molar-refractivity contribution in [3.8, 4) is 5.75 Å². The minimum absolute atomic E-state index is 0.245. The van der Waals surface area contributed by atoms with Crippen molar-refractivity contribution in [2.45, 2.75) is 33.4 Å². The van der Waals surface area contributed by atoms with Crippen molar-refractivity contribution in [3.05, 3.63) is 29.3 Å². The lowest BCUT2D eigenvalue weighted by Gasteiger charge is -2.12. The average Bonchev–Trinajstić information content (AvgIpc) is 2.24. The molecule has 0 bridgehead atoms. The molecule has 0 aliphatic heterocycles. The Kier molecular flexibility index (Phi) is 5.29. The largest absolute Gasteiger partial charge is 0.491 e. The van der Waals surface area contributed by atoms with Gasteiger partial charge in [-0.05, 0) is 32.4 Å². The fourth-order valence-electron chi connectivity index (χ4n) is 1.40. The van der Waals surface area contributed by atoms with Gasteiger partial charge < -0.3 is 15.2 Å². The zero-order valence-electron chi connectivity index (χ0n) is 10.3. The first-order valence-corrected chi connectivity index (χ1v) is 5.67. The molecular weight excluding hydrogens is 202 g/mol. The fraction of sp³-hybridized carbons (Fsp3) is 0.538. The highest BCUT2D eigenvalue weighted by Crippen LogP contribution is 2.19. The summed E-state index contributed by atoms with van der Waals surface area (Å²) < 4.78 is 11.1. The molecule has 0 saturated heterocycles. The van der Waals surface area contributed by atoms with Gasteiger partial charge in [-0.3, -0.25) is 0 Å². The minimum Gasteiger partial charge on any atom is -0.491 e. The van der Waals surface area contributed by atoms with E-state index in [1.807, 2.05) is 39.0 Å². The Bertz CT molecular complexity index is 324. The van der Waals surface area contributed by atoms with Gasteiger partial charge in [-0.25, -0.2) is 0 Å². The lowest BCUT2D eigenvalue weighted by molar-refractivity contribution is 0.0550. The fourth-order valence-corrected chi connectivity index (χ4v) is 1.40. The molecule has 0 heterocycles. The number of hydrogen-bond acceptors (Lipinski definition) is 3. The van der Waals surface area contributed by atoms with Gasteiger partial charge in [0.1, 0.15) is 12.4 Å². The Morgan fingerprint density at radius 3 is 2.62 bits per heavy atom. The summed E-state index contributed by atoms with van der Waals surface area (Å²) in [5.74, 6) is 0.870. The summed E-state index contributed by atoms with van der Waals surface area (Å²) in [6.45, 7) is 7.73. The highest BCUT2D eigenvalue weighted by Gasteiger charge is 2.02. The first kappa shape index (κ1) is 13.0. The van der Waals surface area contributed by atoms with Gasteiger partial charge in [-0.1, -0.05) is 12.1 Å². The number of ether oxygens (including phenoxy) is 2. The van der Waals surface area contributed by atoms with Crippen LogP contribution in [-0.2, 0) is 11.3 Å². The van der Waals surface area contributed by atoms with E-state index >= 15 is 0 Å². The highest BCUT2D eigenvalue weighted by atomic mass is 16.5. The molecule has 0 amide bonds. The maximum atomic E-state index is 5.65. The van der Waals surface area contributed by atoms with E-state index in [-0.39, 0.29) is 6.10 Å². The second-order valence-corrected chi connectivity index (χ2v) is 4.08. The summed E-state index contributed by atoms with van der Waals surface area (Å²) in [7, 11) is 0. The van der Waals surface area contributed by atoms with E-state index in [0.29, 0.717) is 19.8 Å². The second kappa shape index (κ2) is 6.51. The topological polar surface area (TPSA) is 44.5 Å². The minimum atomic E-state index is 0.245. The molecule has 0 aromatic heterocycles. The molecule has 2 N–H and O–H groups in total. The molecule has 0 fully saturated rings. The maximum Gasteiger partial charge on any atom is 0.124 e. The summed E-state index contributed by atoms with van der Waals surface area (Å²) in [5.41, 5.74) is 7.86. The van der Waals surface area contributed by atoms with Crippen molar-refractivity contribution in [2.75, 3.05) is 13.2 Å². The van der Waals surface area contributed by atoms with E-state index in [1.165, 1.54) is 5.56 Å². The number of rotatable bonds is 6. The Balaban J connectivity index is 2.48. The predicted octanol–water partition coefficient (Wildman–Crippen LogP) is 2.26. The molecule has 1 rings (SSSR count). The summed E-state index contributed by atoms with van der Waals surface area (Å²) in [5, 5.41) is 0. The van der Waals surface area contributed by atoms with Crippen LogP contribution in [0.2, 0.25) is 0 Å². The van der Waals surface area contributed by atoms with E-state index in [4.69, 9.17) is 15.2 Å². The third-order valence-corrected chi connectivity index (χ3v) is 2.23. The van der Waals surface area contributed by atoms with Crippen molar-refractivity contribution in [1.29, 1.82) is 0 Å². The molecular formula is C13H21NO2. The average molecular weight is 223 g/mol. The molecule has 1 aromatic carbocycles. The van der Waals surface area contributed by atoms with E-state index in [9.17, 15) is 0 Å². The van der Waals surface area contributed by atoms with Crippen molar-refractivity contribution >= 4 is 0 Å². The molecule has 3 nitrogen and oxygen atoms in total. The van der Waals surface area contributed by atoms with E-state index in [0.717, 1.165) is 11.3 Å². The van der Waals surface area contributed by atoms with Gasteiger partial charge in [0, 0.05) is 12.1 Å². The van der Waals surface area contributed by atoms with E-state index < -0.39 is 0 Å². The van der Waals surface area contributed by atoms with Gasteiger partial charge in [0.15, 0.2) is 0 Å². The van der Waals surface area contributed by atoms with Gasteiger partial charge in [-0.2, -0.15) is 0 Å². The summed E-state index contributed by atoms with van der Waals surface area (Å²) in [6.07, 6.45) is 0.245. The van der Waals surface area contributed by atoms with Gasteiger partial charge in [-0.15, -0.1) is 0 Å². The lowest BCUT2D eigenvalue weighted by atomic mass is 10.1. The number of hydrogen-bond donors (Lipinski definition) is 1. The van der Waals surface area contributed by atoms with Crippen LogP contribution in [0.5, 0.6) is 5.75 Å². The van der Waals surface area contributed by atoms with Crippen molar-refractivity contribution in [2.24, 2.45) is 5.73 Å². The summed E-state index contributed by atoms with van der Waals surface area (Å²) in [4.78, 5) is 0. The normalized spacial score (nSPS) is 10.8. The third kappa shape index (κ3) is 4.21. The molecule has 0 radical (unpaired) electrons. The van der Waals surface area contributed by atoms with Crippen molar-refractivity contribution < 1.29 is 9.47 Å². The van der Waals surface area contributed by atoms with Crippen LogP contribution in [0.3, 0.4) is 0 Å². The van der Waals surface area contributed by atoms with Crippen LogP contribution in [0.1, 0.15) is 25.0 Å². The molecule has 0 saturated carbocycles. The SMILES string of the molecule is Cc1ccc(CN)c(OCCOC(C)C)c1. The van der Waals surface area contributed by atoms with E-state index in [2.05, 4.69) is 0 Å². The van der Waals surface area contributed by atoms with Gasteiger partial charge >= 0.3 is 0 Å². The third-order valence-electron chi connectivity index (χ3n) is 2.23. The molecule has 0 aliphatic carbocycles. The molecule has 0 spiro atoms. The number of aryl methyl sites for hydroxylation is 1. The predicted molar refractivity (Wildman–Crippen MR) is 65.7 cm³/mol. The number of nitrogens with two attached hydrogens (primary N) is 1. The van der Waals surface area contributed by atoms with E-state index in [1.54, 1.807) is 0 Å². The highest BCUT2D eigenvalue weighted by molar-refractivity contribution is 5.36. The molecule has 0 atom stereocenters. The summed E-state index contributed by atoms with van der Waals surface area (Å²) >= 11 is 0.